The van der Waals surface area contributed by atoms with E-state index in [9.17, 15) is 10.2 Å². The Morgan fingerprint density at radius 3 is 2.62 bits per heavy atom. The number of methoxy groups -OCH3 is 2. The molecule has 2 fully saturated rings. The van der Waals surface area contributed by atoms with E-state index in [2.05, 4.69) is 6.92 Å². The van der Waals surface area contributed by atoms with Gasteiger partial charge in [-0.1, -0.05) is 6.92 Å². The maximum absolute atomic E-state index is 10.5. The van der Waals surface area contributed by atoms with Crippen LogP contribution in [0.1, 0.15) is 56.1 Å². The summed E-state index contributed by atoms with van der Waals surface area (Å²) in [5.74, 6) is 2.92. The predicted octanol–water partition coefficient (Wildman–Crippen LogP) is 3.63. The molecule has 0 heterocycles. The topological polar surface area (TPSA) is 58.9 Å². The molecule has 4 rings (SSSR count). The van der Waals surface area contributed by atoms with Gasteiger partial charge in [0.25, 0.3) is 0 Å². The highest BCUT2D eigenvalue weighted by molar-refractivity contribution is 5.60. The molecule has 1 aromatic rings. The Morgan fingerprint density at radius 1 is 1.12 bits per heavy atom. The van der Waals surface area contributed by atoms with Gasteiger partial charge in [-0.25, -0.2) is 0 Å². The number of aliphatic hydroxyl groups excluding tert-OH is 1. The lowest BCUT2D eigenvalue weighted by atomic mass is 9.55. The number of ether oxygens (including phenoxy) is 2. The highest BCUT2D eigenvalue weighted by Gasteiger charge is 2.54. The summed E-state index contributed by atoms with van der Waals surface area (Å²) < 4.78 is 10.9. The second kappa shape index (κ2) is 5.55. The number of aliphatic hydroxyl groups is 1. The first kappa shape index (κ1) is 16.1. The molecule has 0 saturated heterocycles. The van der Waals surface area contributed by atoms with Crippen LogP contribution in [0.25, 0.3) is 0 Å². The van der Waals surface area contributed by atoms with Gasteiger partial charge in [-0.15, -0.1) is 0 Å². The Labute approximate surface area is 143 Å². The SMILES string of the molecule is COc1cc2c(c(OC)c1O)CCC1C2CCC2(C)C(O)CCC12. The summed E-state index contributed by atoms with van der Waals surface area (Å²) in [5.41, 5.74) is 2.53. The van der Waals surface area contributed by atoms with Crippen molar-refractivity contribution in [3.05, 3.63) is 17.2 Å². The lowest BCUT2D eigenvalue weighted by Crippen LogP contribution is -2.44. The van der Waals surface area contributed by atoms with Crippen molar-refractivity contribution >= 4 is 0 Å². The van der Waals surface area contributed by atoms with Gasteiger partial charge in [0, 0.05) is 5.56 Å². The predicted molar refractivity (Wildman–Crippen MR) is 91.8 cm³/mol. The van der Waals surface area contributed by atoms with E-state index in [-0.39, 0.29) is 17.3 Å². The first-order valence-corrected chi connectivity index (χ1v) is 9.16. The van der Waals surface area contributed by atoms with E-state index in [1.807, 2.05) is 6.07 Å². The minimum atomic E-state index is -0.145. The van der Waals surface area contributed by atoms with E-state index in [1.165, 1.54) is 5.56 Å². The van der Waals surface area contributed by atoms with Crippen molar-refractivity contribution in [2.45, 2.75) is 57.5 Å². The quantitative estimate of drug-likeness (QED) is 0.868. The van der Waals surface area contributed by atoms with Crippen LogP contribution in [0.3, 0.4) is 0 Å². The first-order valence-electron chi connectivity index (χ1n) is 9.16. The number of fused-ring (bicyclic) bond motifs is 5. The largest absolute Gasteiger partial charge is 0.502 e. The molecule has 1 aromatic carbocycles. The van der Waals surface area contributed by atoms with Crippen LogP contribution in [0, 0.1) is 17.3 Å². The van der Waals surface area contributed by atoms with Crippen LogP contribution < -0.4 is 9.47 Å². The molecule has 4 nitrogen and oxygen atoms in total. The zero-order valence-electron chi connectivity index (χ0n) is 14.8. The molecule has 0 aromatic heterocycles. The van der Waals surface area contributed by atoms with Gasteiger partial charge in [-0.2, -0.15) is 0 Å². The van der Waals surface area contributed by atoms with Crippen molar-refractivity contribution in [1.82, 2.24) is 0 Å². The van der Waals surface area contributed by atoms with E-state index in [1.54, 1.807) is 14.2 Å². The molecular weight excluding hydrogens is 304 g/mol. The van der Waals surface area contributed by atoms with E-state index < -0.39 is 0 Å². The third-order valence-electron chi connectivity index (χ3n) is 7.30. The lowest BCUT2D eigenvalue weighted by Gasteiger charge is -2.50. The van der Waals surface area contributed by atoms with Crippen LogP contribution >= 0.6 is 0 Å². The number of hydrogen-bond donors (Lipinski definition) is 2. The van der Waals surface area contributed by atoms with E-state index in [4.69, 9.17) is 9.47 Å². The fourth-order valence-electron chi connectivity index (χ4n) is 6.01. The summed E-state index contributed by atoms with van der Waals surface area (Å²) >= 11 is 0. The third kappa shape index (κ3) is 2.01. The number of hydrogen-bond acceptors (Lipinski definition) is 4. The Kier molecular flexibility index (Phi) is 3.72. The van der Waals surface area contributed by atoms with Crippen molar-refractivity contribution < 1.29 is 19.7 Å². The minimum Gasteiger partial charge on any atom is -0.502 e. The third-order valence-corrected chi connectivity index (χ3v) is 7.30. The number of phenols is 1. The average Bonchev–Trinajstić information content (AvgIpc) is 2.89. The van der Waals surface area contributed by atoms with Crippen molar-refractivity contribution in [3.63, 3.8) is 0 Å². The molecule has 2 saturated carbocycles. The molecule has 4 heteroatoms. The summed E-state index contributed by atoms with van der Waals surface area (Å²) in [6, 6.07) is 2.03. The van der Waals surface area contributed by atoms with Crippen LogP contribution in [-0.4, -0.2) is 30.5 Å². The first-order chi connectivity index (χ1) is 11.5. The molecule has 0 amide bonds. The van der Waals surface area contributed by atoms with E-state index in [0.717, 1.165) is 44.1 Å². The van der Waals surface area contributed by atoms with Crippen molar-refractivity contribution in [1.29, 1.82) is 0 Å². The molecule has 3 aliphatic rings. The molecule has 5 unspecified atom stereocenters. The summed E-state index contributed by atoms with van der Waals surface area (Å²) in [5, 5.41) is 20.9. The number of phenolic OH excluding ortho intramolecular Hbond substituents is 1. The van der Waals surface area contributed by atoms with Crippen LogP contribution in [0.2, 0.25) is 0 Å². The molecule has 0 spiro atoms. The van der Waals surface area contributed by atoms with Crippen LogP contribution in [0.15, 0.2) is 6.07 Å². The standard InChI is InChI=1S/C20H28O4/c1-20-9-8-11-12(15(20)6-7-17(20)21)4-5-13-14(11)10-16(23-2)18(22)19(13)24-3/h10-12,15,17,21-22H,4-9H2,1-3H3. The number of benzene rings is 1. The normalized spacial score (nSPS) is 37.3. The maximum atomic E-state index is 10.5. The van der Waals surface area contributed by atoms with E-state index >= 15 is 0 Å². The maximum Gasteiger partial charge on any atom is 0.201 e. The second-order valence-corrected chi connectivity index (χ2v) is 8.08. The fraction of sp³-hybridized carbons (Fsp3) is 0.700. The van der Waals surface area contributed by atoms with Gasteiger partial charge in [0.2, 0.25) is 5.75 Å². The van der Waals surface area contributed by atoms with Crippen molar-refractivity contribution in [2.75, 3.05) is 14.2 Å². The Morgan fingerprint density at radius 2 is 1.92 bits per heavy atom. The average molecular weight is 332 g/mol. The Hall–Kier alpha value is -1.42. The minimum absolute atomic E-state index is 0.0871. The van der Waals surface area contributed by atoms with Gasteiger partial charge < -0.3 is 19.7 Å². The lowest BCUT2D eigenvalue weighted by molar-refractivity contribution is -0.0227. The molecule has 5 atom stereocenters. The second-order valence-electron chi connectivity index (χ2n) is 8.08. The van der Waals surface area contributed by atoms with Gasteiger partial charge in [0.1, 0.15) is 0 Å². The molecule has 2 N–H and O–H groups in total. The summed E-state index contributed by atoms with van der Waals surface area (Å²) in [6.45, 7) is 2.29. The number of aromatic hydroxyl groups is 1. The molecule has 132 valence electrons. The zero-order chi connectivity index (χ0) is 17.1. The molecule has 24 heavy (non-hydrogen) atoms. The highest BCUT2D eigenvalue weighted by atomic mass is 16.5. The van der Waals surface area contributed by atoms with Gasteiger partial charge in [-0.05, 0) is 73.3 Å². The zero-order valence-corrected chi connectivity index (χ0v) is 14.8. The van der Waals surface area contributed by atoms with Gasteiger partial charge >= 0.3 is 0 Å². The van der Waals surface area contributed by atoms with Gasteiger partial charge in [0.05, 0.1) is 20.3 Å². The van der Waals surface area contributed by atoms with Gasteiger partial charge in [-0.3, -0.25) is 0 Å². The summed E-state index contributed by atoms with van der Waals surface area (Å²) in [4.78, 5) is 0. The summed E-state index contributed by atoms with van der Waals surface area (Å²) in [6.07, 6.45) is 6.16. The molecular formula is C20H28O4. The van der Waals surface area contributed by atoms with Crippen molar-refractivity contribution in [2.24, 2.45) is 17.3 Å². The molecule has 0 bridgehead atoms. The van der Waals surface area contributed by atoms with Crippen LogP contribution in [0.4, 0.5) is 0 Å². The molecule has 0 aliphatic heterocycles. The Balaban J connectivity index is 1.77. The molecule has 0 radical (unpaired) electrons. The van der Waals surface area contributed by atoms with Crippen molar-refractivity contribution in [3.8, 4) is 17.2 Å². The molecule has 3 aliphatic carbocycles. The van der Waals surface area contributed by atoms with Crippen LogP contribution in [0.5, 0.6) is 17.2 Å². The fourth-order valence-corrected chi connectivity index (χ4v) is 6.01. The Bertz CT molecular complexity index is 656. The highest BCUT2D eigenvalue weighted by Crippen LogP contribution is 2.62. The summed E-state index contributed by atoms with van der Waals surface area (Å²) in [7, 11) is 3.21. The van der Waals surface area contributed by atoms with Gasteiger partial charge in [0.15, 0.2) is 11.5 Å². The monoisotopic (exact) mass is 332 g/mol. The van der Waals surface area contributed by atoms with Crippen LogP contribution in [-0.2, 0) is 6.42 Å². The number of rotatable bonds is 2. The smallest absolute Gasteiger partial charge is 0.201 e. The van der Waals surface area contributed by atoms with E-state index in [0.29, 0.717) is 29.3 Å².